The third-order valence-electron chi connectivity index (χ3n) is 4.45. The van der Waals surface area contributed by atoms with Gasteiger partial charge in [0.2, 0.25) is 0 Å². The van der Waals surface area contributed by atoms with Crippen molar-refractivity contribution in [3.8, 4) is 11.3 Å². The second-order valence-corrected chi connectivity index (χ2v) is 7.06. The molecular formula is C19H18N2S. The van der Waals surface area contributed by atoms with E-state index in [0.29, 0.717) is 0 Å². The number of benzene rings is 2. The van der Waals surface area contributed by atoms with E-state index in [0.717, 1.165) is 10.7 Å². The van der Waals surface area contributed by atoms with Crippen LogP contribution in [0.5, 0.6) is 0 Å². The molecule has 0 bridgehead atoms. The molecule has 0 atom stereocenters. The summed E-state index contributed by atoms with van der Waals surface area (Å²) in [6.45, 7) is 8.64. The molecule has 0 aliphatic rings. The standard InChI is InChI=1S/C19H18N2S/c1-11-5-6-13(3)15(9-11)16-10-21-18-14(4)12(2)7-8-17(18)22-19(21)20-16/h5-10H,1-4H3. The molecule has 2 aromatic heterocycles. The Kier molecular flexibility index (Phi) is 2.88. The average Bonchev–Trinajstić information content (AvgIpc) is 3.03. The largest absolute Gasteiger partial charge is 0.289 e. The second kappa shape index (κ2) is 4.68. The van der Waals surface area contributed by atoms with Crippen LogP contribution >= 0.6 is 11.3 Å². The van der Waals surface area contributed by atoms with Gasteiger partial charge in [0.25, 0.3) is 0 Å². The van der Waals surface area contributed by atoms with E-state index in [1.807, 2.05) is 0 Å². The van der Waals surface area contributed by atoms with Gasteiger partial charge >= 0.3 is 0 Å². The Hall–Kier alpha value is -2.13. The highest BCUT2D eigenvalue weighted by atomic mass is 32.1. The van der Waals surface area contributed by atoms with Gasteiger partial charge in [0.1, 0.15) is 0 Å². The van der Waals surface area contributed by atoms with Crippen molar-refractivity contribution in [2.45, 2.75) is 27.7 Å². The van der Waals surface area contributed by atoms with Gasteiger partial charge in [-0.1, -0.05) is 35.1 Å². The van der Waals surface area contributed by atoms with Gasteiger partial charge in [0.15, 0.2) is 4.96 Å². The number of thiazole rings is 1. The molecule has 0 unspecified atom stereocenters. The maximum absolute atomic E-state index is 4.87. The van der Waals surface area contributed by atoms with E-state index >= 15 is 0 Å². The van der Waals surface area contributed by atoms with Crippen LogP contribution in [0.1, 0.15) is 22.3 Å². The van der Waals surface area contributed by atoms with E-state index < -0.39 is 0 Å². The molecule has 0 aliphatic heterocycles. The summed E-state index contributed by atoms with van der Waals surface area (Å²) in [5, 5.41) is 0. The summed E-state index contributed by atoms with van der Waals surface area (Å²) in [7, 11) is 0. The molecule has 3 heteroatoms. The number of hydrogen-bond donors (Lipinski definition) is 0. The number of aromatic nitrogens is 2. The quantitative estimate of drug-likeness (QED) is 0.457. The summed E-state index contributed by atoms with van der Waals surface area (Å²) >= 11 is 1.76. The topological polar surface area (TPSA) is 17.3 Å². The maximum Gasteiger partial charge on any atom is 0.195 e. The van der Waals surface area contributed by atoms with E-state index in [1.165, 1.54) is 38.0 Å². The van der Waals surface area contributed by atoms with Crippen LogP contribution in [0.2, 0.25) is 0 Å². The van der Waals surface area contributed by atoms with Crippen LogP contribution < -0.4 is 0 Å². The second-order valence-electron chi connectivity index (χ2n) is 6.05. The molecule has 0 spiro atoms. The first kappa shape index (κ1) is 13.5. The average molecular weight is 306 g/mol. The highest BCUT2D eigenvalue weighted by molar-refractivity contribution is 7.23. The summed E-state index contributed by atoms with van der Waals surface area (Å²) < 4.78 is 3.55. The Morgan fingerprint density at radius 3 is 2.55 bits per heavy atom. The first-order chi connectivity index (χ1) is 10.5. The van der Waals surface area contributed by atoms with Crippen LogP contribution in [-0.4, -0.2) is 9.38 Å². The molecule has 0 amide bonds. The minimum absolute atomic E-state index is 1.07. The van der Waals surface area contributed by atoms with E-state index in [4.69, 9.17) is 4.98 Å². The summed E-state index contributed by atoms with van der Waals surface area (Å²) in [6, 6.07) is 10.9. The molecule has 2 heterocycles. The normalized spacial score (nSPS) is 11.6. The first-order valence-corrected chi connectivity index (χ1v) is 8.31. The fourth-order valence-electron chi connectivity index (χ4n) is 2.99. The number of rotatable bonds is 1. The van der Waals surface area contributed by atoms with Crippen LogP contribution in [0.3, 0.4) is 0 Å². The van der Waals surface area contributed by atoms with Crippen molar-refractivity contribution in [3.05, 3.63) is 58.8 Å². The van der Waals surface area contributed by atoms with Gasteiger partial charge in [-0.15, -0.1) is 0 Å². The zero-order valence-electron chi connectivity index (χ0n) is 13.3. The molecule has 0 aliphatic carbocycles. The number of imidazole rings is 1. The maximum atomic E-state index is 4.87. The molecule has 4 rings (SSSR count). The highest BCUT2D eigenvalue weighted by Crippen LogP contribution is 2.33. The minimum Gasteiger partial charge on any atom is -0.289 e. The molecule has 4 aromatic rings. The van der Waals surface area contributed by atoms with Gasteiger partial charge in [-0.3, -0.25) is 4.40 Å². The van der Waals surface area contributed by atoms with E-state index in [1.54, 1.807) is 11.3 Å². The third kappa shape index (κ3) is 1.89. The van der Waals surface area contributed by atoms with Crippen LogP contribution in [0.25, 0.3) is 26.4 Å². The molecule has 0 saturated carbocycles. The van der Waals surface area contributed by atoms with Crippen molar-refractivity contribution < 1.29 is 0 Å². The van der Waals surface area contributed by atoms with Crippen LogP contribution in [0.15, 0.2) is 36.5 Å². The SMILES string of the molecule is Cc1ccc(C)c(-c2cn3c(n2)sc2ccc(C)c(C)c23)c1. The fraction of sp³-hybridized carbons (Fsp3) is 0.211. The monoisotopic (exact) mass is 306 g/mol. The van der Waals surface area contributed by atoms with Gasteiger partial charge in [-0.05, 0) is 56.5 Å². The number of fused-ring (bicyclic) bond motifs is 3. The highest BCUT2D eigenvalue weighted by Gasteiger charge is 2.13. The smallest absolute Gasteiger partial charge is 0.195 e. The lowest BCUT2D eigenvalue weighted by atomic mass is 10.0. The van der Waals surface area contributed by atoms with E-state index in [2.05, 4.69) is 68.6 Å². The third-order valence-corrected chi connectivity index (χ3v) is 5.47. The molecule has 2 aromatic carbocycles. The molecule has 0 radical (unpaired) electrons. The lowest BCUT2D eigenvalue weighted by molar-refractivity contribution is 1.25. The van der Waals surface area contributed by atoms with Gasteiger partial charge in [0, 0.05) is 11.8 Å². The zero-order valence-corrected chi connectivity index (χ0v) is 14.1. The minimum atomic E-state index is 1.07. The van der Waals surface area contributed by atoms with Crippen molar-refractivity contribution >= 4 is 26.5 Å². The predicted octanol–water partition coefficient (Wildman–Crippen LogP) is 5.45. The molecule has 0 saturated heterocycles. The lowest BCUT2D eigenvalue weighted by Crippen LogP contribution is -1.87. The van der Waals surface area contributed by atoms with E-state index in [9.17, 15) is 0 Å². The van der Waals surface area contributed by atoms with Crippen molar-refractivity contribution in [3.63, 3.8) is 0 Å². The summed E-state index contributed by atoms with van der Waals surface area (Å²) in [5.74, 6) is 0. The van der Waals surface area contributed by atoms with Gasteiger partial charge < -0.3 is 0 Å². The molecule has 0 N–H and O–H groups in total. The number of nitrogens with zero attached hydrogens (tertiary/aromatic N) is 2. The first-order valence-electron chi connectivity index (χ1n) is 7.50. The summed E-state index contributed by atoms with van der Waals surface area (Å²) in [6.07, 6.45) is 2.18. The van der Waals surface area contributed by atoms with E-state index in [-0.39, 0.29) is 0 Å². The molecule has 0 fully saturated rings. The lowest BCUT2D eigenvalue weighted by Gasteiger charge is -2.04. The van der Waals surface area contributed by atoms with Crippen molar-refractivity contribution in [1.82, 2.24) is 9.38 Å². The molecule has 110 valence electrons. The number of hydrogen-bond acceptors (Lipinski definition) is 2. The molecule has 22 heavy (non-hydrogen) atoms. The molecule has 2 nitrogen and oxygen atoms in total. The Labute approximate surface area is 134 Å². The predicted molar refractivity (Wildman–Crippen MR) is 95.0 cm³/mol. The zero-order chi connectivity index (χ0) is 15.4. The van der Waals surface area contributed by atoms with Crippen LogP contribution in [0, 0.1) is 27.7 Å². The molecular weight excluding hydrogens is 288 g/mol. The van der Waals surface area contributed by atoms with Crippen molar-refractivity contribution in [2.75, 3.05) is 0 Å². The van der Waals surface area contributed by atoms with Crippen molar-refractivity contribution in [2.24, 2.45) is 0 Å². The Morgan fingerprint density at radius 2 is 1.73 bits per heavy atom. The Morgan fingerprint density at radius 1 is 0.955 bits per heavy atom. The Balaban J connectivity index is 2.02. The summed E-state index contributed by atoms with van der Waals surface area (Å²) in [4.78, 5) is 5.94. The van der Waals surface area contributed by atoms with Gasteiger partial charge in [0.05, 0.1) is 15.9 Å². The van der Waals surface area contributed by atoms with Crippen LogP contribution in [0.4, 0.5) is 0 Å². The van der Waals surface area contributed by atoms with Gasteiger partial charge in [-0.2, -0.15) is 0 Å². The Bertz CT molecular complexity index is 1020. The van der Waals surface area contributed by atoms with Gasteiger partial charge in [-0.25, -0.2) is 4.98 Å². The van der Waals surface area contributed by atoms with Crippen molar-refractivity contribution in [1.29, 1.82) is 0 Å². The summed E-state index contributed by atoms with van der Waals surface area (Å²) in [5.41, 5.74) is 8.80. The fourth-order valence-corrected chi connectivity index (χ4v) is 4.06. The number of aryl methyl sites for hydroxylation is 4. The van der Waals surface area contributed by atoms with Crippen LogP contribution in [-0.2, 0) is 0 Å².